The van der Waals surface area contributed by atoms with Crippen LogP contribution >= 0.6 is 0 Å². The molecule has 1 N–H and O–H groups in total. The molecule has 0 saturated heterocycles. The van der Waals surface area contributed by atoms with Crippen molar-refractivity contribution in [2.75, 3.05) is 6.61 Å². The Morgan fingerprint density at radius 1 is 1.22 bits per heavy atom. The molecule has 4 nitrogen and oxygen atoms in total. The fourth-order valence-corrected chi connectivity index (χ4v) is 2.01. The number of benzene rings is 1. The molecule has 0 aromatic heterocycles. The molecular weight excluding hydrogens is 288 g/mol. The second-order valence-corrected chi connectivity index (χ2v) is 6.30. The second kappa shape index (κ2) is 10.8. The molecule has 0 unspecified atom stereocenters. The van der Waals surface area contributed by atoms with E-state index in [0.29, 0.717) is 18.1 Å². The lowest BCUT2D eigenvalue weighted by atomic mass is 10.1. The number of carbonyl (C=O) groups excluding carboxylic acids is 1. The zero-order chi connectivity index (χ0) is 17.1. The molecular formula is C19H30N2O2. The summed E-state index contributed by atoms with van der Waals surface area (Å²) in [5.74, 6) is 1.23. The maximum absolute atomic E-state index is 12.0. The van der Waals surface area contributed by atoms with Crippen molar-refractivity contribution in [3.63, 3.8) is 0 Å². The smallest absolute Gasteiger partial charge is 0.271 e. The van der Waals surface area contributed by atoms with Crippen molar-refractivity contribution in [3.05, 3.63) is 29.8 Å². The number of hydrogen-bond acceptors (Lipinski definition) is 3. The number of unbranched alkanes of at least 4 members (excludes halogenated alkanes) is 2. The van der Waals surface area contributed by atoms with Crippen LogP contribution in [0.25, 0.3) is 0 Å². The van der Waals surface area contributed by atoms with Gasteiger partial charge in [-0.15, -0.1) is 0 Å². The van der Waals surface area contributed by atoms with Gasteiger partial charge in [0.05, 0.1) is 6.61 Å². The van der Waals surface area contributed by atoms with Crippen LogP contribution in [-0.4, -0.2) is 18.2 Å². The van der Waals surface area contributed by atoms with Crippen LogP contribution in [0.3, 0.4) is 0 Å². The summed E-state index contributed by atoms with van der Waals surface area (Å²) >= 11 is 0. The van der Waals surface area contributed by atoms with E-state index in [-0.39, 0.29) is 5.91 Å². The first kappa shape index (κ1) is 19.2. The number of nitrogens with one attached hydrogen (secondary N) is 1. The van der Waals surface area contributed by atoms with Gasteiger partial charge in [-0.25, -0.2) is 5.43 Å². The van der Waals surface area contributed by atoms with Crippen LogP contribution in [0.5, 0.6) is 5.75 Å². The molecule has 1 aromatic rings. The highest BCUT2D eigenvalue weighted by atomic mass is 16.5. The Kier molecular flexibility index (Phi) is 9.03. The molecule has 0 aliphatic heterocycles. The van der Waals surface area contributed by atoms with Gasteiger partial charge in [-0.3, -0.25) is 4.79 Å². The molecule has 0 bridgehead atoms. The first-order valence-electron chi connectivity index (χ1n) is 8.59. The van der Waals surface area contributed by atoms with Gasteiger partial charge >= 0.3 is 0 Å². The minimum atomic E-state index is -0.187. The lowest BCUT2D eigenvalue weighted by molar-refractivity contribution is 0.0954. The predicted molar refractivity (Wildman–Crippen MR) is 96.1 cm³/mol. The maximum Gasteiger partial charge on any atom is 0.271 e. The van der Waals surface area contributed by atoms with E-state index in [1.807, 2.05) is 19.1 Å². The minimum absolute atomic E-state index is 0.187. The molecule has 0 aliphatic rings. The van der Waals surface area contributed by atoms with Crippen LogP contribution < -0.4 is 10.2 Å². The largest absolute Gasteiger partial charge is 0.494 e. The highest BCUT2D eigenvalue weighted by molar-refractivity contribution is 5.95. The number of hydrogen-bond donors (Lipinski definition) is 1. The lowest BCUT2D eigenvalue weighted by Gasteiger charge is -2.08. The van der Waals surface area contributed by atoms with Crippen molar-refractivity contribution in [1.29, 1.82) is 0 Å². The Morgan fingerprint density at radius 2 is 1.91 bits per heavy atom. The number of hydrazone groups is 1. The fourth-order valence-electron chi connectivity index (χ4n) is 2.01. The van der Waals surface area contributed by atoms with E-state index in [0.717, 1.165) is 30.7 Å². The Hall–Kier alpha value is -1.84. The Balaban J connectivity index is 2.43. The fraction of sp³-hybridized carbons (Fsp3) is 0.579. The summed E-state index contributed by atoms with van der Waals surface area (Å²) in [6.07, 6.45) is 5.44. The molecule has 0 aliphatic carbocycles. The molecule has 1 aromatic carbocycles. The molecule has 4 heteroatoms. The molecule has 0 saturated carbocycles. The van der Waals surface area contributed by atoms with Crippen LogP contribution in [-0.2, 0) is 0 Å². The average Bonchev–Trinajstić information content (AvgIpc) is 2.53. The summed E-state index contributed by atoms with van der Waals surface area (Å²) in [7, 11) is 0. The summed E-state index contributed by atoms with van der Waals surface area (Å²) in [5, 5.41) is 4.15. The minimum Gasteiger partial charge on any atom is -0.494 e. The van der Waals surface area contributed by atoms with E-state index in [4.69, 9.17) is 4.74 Å². The van der Waals surface area contributed by atoms with Crippen LogP contribution in [0.1, 0.15) is 70.2 Å². The summed E-state index contributed by atoms with van der Waals surface area (Å²) < 4.78 is 5.65. The van der Waals surface area contributed by atoms with Crippen molar-refractivity contribution < 1.29 is 9.53 Å². The molecule has 0 fully saturated rings. The van der Waals surface area contributed by atoms with Crippen LogP contribution in [0.2, 0.25) is 0 Å². The van der Waals surface area contributed by atoms with E-state index >= 15 is 0 Å². The number of amides is 1. The van der Waals surface area contributed by atoms with Gasteiger partial charge in [0.15, 0.2) is 0 Å². The average molecular weight is 318 g/mol. The van der Waals surface area contributed by atoms with Crippen LogP contribution in [0.4, 0.5) is 0 Å². The van der Waals surface area contributed by atoms with Crippen molar-refractivity contribution in [2.24, 2.45) is 11.0 Å². The second-order valence-electron chi connectivity index (χ2n) is 6.30. The number of carbonyl (C=O) groups is 1. The van der Waals surface area contributed by atoms with E-state index < -0.39 is 0 Å². The summed E-state index contributed by atoms with van der Waals surface area (Å²) in [6, 6.07) is 7.18. The van der Waals surface area contributed by atoms with Crippen molar-refractivity contribution in [3.8, 4) is 5.75 Å². The Labute approximate surface area is 140 Å². The normalized spacial score (nSPS) is 11.6. The highest BCUT2D eigenvalue weighted by Crippen LogP contribution is 2.13. The van der Waals surface area contributed by atoms with Gasteiger partial charge in [-0.2, -0.15) is 5.10 Å². The number of rotatable bonds is 10. The number of nitrogens with zero attached hydrogens (tertiary/aromatic N) is 1. The maximum atomic E-state index is 12.0. The van der Waals surface area contributed by atoms with E-state index in [1.165, 1.54) is 12.8 Å². The molecule has 1 rings (SSSR count). The van der Waals surface area contributed by atoms with E-state index in [1.54, 1.807) is 12.1 Å². The SMILES string of the molecule is CCCCC/C(C)=N/NC(=O)c1ccc(OCCC(C)C)cc1. The van der Waals surface area contributed by atoms with Gasteiger partial charge in [0.25, 0.3) is 5.91 Å². The lowest BCUT2D eigenvalue weighted by Crippen LogP contribution is -2.19. The van der Waals surface area contributed by atoms with Crippen molar-refractivity contribution in [1.82, 2.24) is 5.43 Å². The third-order valence-corrected chi connectivity index (χ3v) is 3.57. The summed E-state index contributed by atoms with van der Waals surface area (Å²) in [4.78, 5) is 12.0. The summed E-state index contributed by atoms with van der Waals surface area (Å²) in [5.41, 5.74) is 4.16. The third-order valence-electron chi connectivity index (χ3n) is 3.57. The topological polar surface area (TPSA) is 50.7 Å². The third kappa shape index (κ3) is 8.38. The van der Waals surface area contributed by atoms with Gasteiger partial charge in [-0.05, 0) is 56.4 Å². The van der Waals surface area contributed by atoms with Gasteiger partial charge in [-0.1, -0.05) is 33.6 Å². The zero-order valence-electron chi connectivity index (χ0n) is 14.9. The zero-order valence-corrected chi connectivity index (χ0v) is 14.9. The monoisotopic (exact) mass is 318 g/mol. The first-order valence-corrected chi connectivity index (χ1v) is 8.59. The molecule has 128 valence electrons. The molecule has 0 heterocycles. The molecule has 0 spiro atoms. The molecule has 23 heavy (non-hydrogen) atoms. The highest BCUT2D eigenvalue weighted by Gasteiger charge is 2.05. The Morgan fingerprint density at radius 3 is 2.52 bits per heavy atom. The number of ether oxygens (including phenoxy) is 1. The molecule has 0 radical (unpaired) electrons. The van der Waals surface area contributed by atoms with Crippen LogP contribution in [0, 0.1) is 5.92 Å². The van der Waals surface area contributed by atoms with Crippen molar-refractivity contribution >= 4 is 11.6 Å². The van der Waals surface area contributed by atoms with Gasteiger partial charge in [0.2, 0.25) is 0 Å². The first-order chi connectivity index (χ1) is 11.0. The predicted octanol–water partition coefficient (Wildman–Crippen LogP) is 4.80. The molecule has 1 amide bonds. The Bertz CT molecular complexity index is 493. The quantitative estimate of drug-likeness (QED) is 0.383. The van der Waals surface area contributed by atoms with Crippen molar-refractivity contribution in [2.45, 2.75) is 59.8 Å². The molecule has 0 atom stereocenters. The van der Waals surface area contributed by atoms with Gasteiger partial charge < -0.3 is 4.74 Å². The van der Waals surface area contributed by atoms with Gasteiger partial charge in [0, 0.05) is 11.3 Å². The van der Waals surface area contributed by atoms with E-state index in [9.17, 15) is 4.79 Å². The standard InChI is InChI=1S/C19H30N2O2/c1-5-6-7-8-16(4)20-21-19(22)17-9-11-18(12-10-17)23-14-13-15(2)3/h9-12,15H,5-8,13-14H2,1-4H3,(H,21,22)/b20-16+. The van der Waals surface area contributed by atoms with Crippen LogP contribution in [0.15, 0.2) is 29.4 Å². The van der Waals surface area contributed by atoms with E-state index in [2.05, 4.69) is 31.3 Å². The van der Waals surface area contributed by atoms with Gasteiger partial charge in [0.1, 0.15) is 5.75 Å². The summed E-state index contributed by atoms with van der Waals surface area (Å²) in [6.45, 7) is 9.15.